The molecule has 0 saturated carbocycles. The van der Waals surface area contributed by atoms with Gasteiger partial charge in [-0.15, -0.1) is 0 Å². The van der Waals surface area contributed by atoms with Crippen LogP contribution in [0.5, 0.6) is 5.75 Å². The zero-order valence-electron chi connectivity index (χ0n) is 15.5. The second kappa shape index (κ2) is 8.57. The molecule has 0 fully saturated rings. The Morgan fingerprint density at radius 2 is 1.75 bits per heavy atom. The lowest BCUT2D eigenvalue weighted by Crippen LogP contribution is -2.35. The summed E-state index contributed by atoms with van der Waals surface area (Å²) in [5, 5.41) is 0. The van der Waals surface area contributed by atoms with Gasteiger partial charge in [0.25, 0.3) is 0 Å². The summed E-state index contributed by atoms with van der Waals surface area (Å²) in [6.07, 6.45) is -0.0970. The first-order valence-electron chi connectivity index (χ1n) is 8.08. The number of amides is 2. The number of rotatable bonds is 5. The Kier molecular flexibility index (Phi) is 7.07. The predicted molar refractivity (Wildman–Crippen MR) is 93.3 cm³/mol. The van der Waals surface area contributed by atoms with Crippen molar-refractivity contribution in [3.05, 3.63) is 29.8 Å². The first kappa shape index (κ1) is 19.8. The molecule has 1 rings (SSSR count). The van der Waals surface area contributed by atoms with Crippen molar-refractivity contribution in [1.29, 1.82) is 0 Å². The minimum Gasteiger partial charge on any atom is -0.444 e. The summed E-state index contributed by atoms with van der Waals surface area (Å²) in [5.41, 5.74) is 0.472. The highest BCUT2D eigenvalue weighted by Gasteiger charge is 2.19. The van der Waals surface area contributed by atoms with Crippen molar-refractivity contribution in [2.45, 2.75) is 39.7 Å². The lowest BCUT2D eigenvalue weighted by atomic mass is 10.1. The Labute approximate surface area is 144 Å². The number of carbonyl (C=O) groups excluding carboxylic acids is 2. The smallest absolute Gasteiger partial charge is 0.414 e. The summed E-state index contributed by atoms with van der Waals surface area (Å²) in [5.74, 6) is 0.498. The van der Waals surface area contributed by atoms with Crippen LogP contribution in [0, 0.1) is 0 Å². The van der Waals surface area contributed by atoms with E-state index >= 15 is 0 Å². The molecular weight excluding hydrogens is 308 g/mol. The van der Waals surface area contributed by atoms with Crippen molar-refractivity contribution >= 4 is 12.2 Å². The van der Waals surface area contributed by atoms with Gasteiger partial charge in [0.05, 0.1) is 0 Å². The molecule has 6 heteroatoms. The number of carbonyl (C=O) groups is 2. The van der Waals surface area contributed by atoms with Gasteiger partial charge >= 0.3 is 12.2 Å². The van der Waals surface area contributed by atoms with E-state index in [2.05, 4.69) is 0 Å². The summed E-state index contributed by atoms with van der Waals surface area (Å²) in [4.78, 5) is 26.7. The summed E-state index contributed by atoms with van der Waals surface area (Å²) < 4.78 is 10.6. The second-order valence-electron chi connectivity index (χ2n) is 6.68. The van der Waals surface area contributed by atoms with Gasteiger partial charge in [-0.05, 0) is 51.8 Å². The molecule has 134 valence electrons. The minimum absolute atomic E-state index is 0.352. The molecule has 0 bridgehead atoms. The van der Waals surface area contributed by atoms with Crippen molar-refractivity contribution in [3.63, 3.8) is 0 Å². The maximum Gasteiger partial charge on any atom is 0.414 e. The number of nitrogens with zero attached hydrogens (tertiary/aromatic N) is 2. The van der Waals surface area contributed by atoms with E-state index in [0.717, 1.165) is 5.56 Å². The molecular formula is C18H28N2O4. The van der Waals surface area contributed by atoms with Crippen molar-refractivity contribution in [2.24, 2.45) is 0 Å². The molecule has 0 aliphatic rings. The maximum atomic E-state index is 11.9. The summed E-state index contributed by atoms with van der Waals surface area (Å²) in [6, 6.07) is 7.31. The van der Waals surface area contributed by atoms with Crippen LogP contribution in [-0.2, 0) is 11.2 Å². The molecule has 1 aromatic carbocycles. The van der Waals surface area contributed by atoms with Gasteiger partial charge in [0, 0.05) is 27.2 Å². The van der Waals surface area contributed by atoms with Crippen LogP contribution >= 0.6 is 0 Å². The Bertz CT molecular complexity index is 566. The van der Waals surface area contributed by atoms with E-state index in [1.54, 1.807) is 20.2 Å². The molecule has 24 heavy (non-hydrogen) atoms. The van der Waals surface area contributed by atoms with E-state index in [0.29, 0.717) is 25.3 Å². The van der Waals surface area contributed by atoms with Crippen LogP contribution in [0.4, 0.5) is 9.59 Å². The highest BCUT2D eigenvalue weighted by Crippen LogP contribution is 2.15. The van der Waals surface area contributed by atoms with Crippen molar-refractivity contribution in [2.75, 3.05) is 27.2 Å². The molecule has 6 nitrogen and oxygen atoms in total. The second-order valence-corrected chi connectivity index (χ2v) is 6.68. The van der Waals surface area contributed by atoms with Gasteiger partial charge in [-0.1, -0.05) is 12.1 Å². The molecule has 0 unspecified atom stereocenters. The molecule has 0 heterocycles. The highest BCUT2D eigenvalue weighted by molar-refractivity contribution is 5.70. The third-order valence-corrected chi connectivity index (χ3v) is 3.33. The largest absolute Gasteiger partial charge is 0.444 e. The number of likely N-dealkylation sites (N-methyl/N-ethyl adjacent to an activating group) is 1. The van der Waals surface area contributed by atoms with Crippen LogP contribution in [0.3, 0.4) is 0 Å². The predicted octanol–water partition coefficient (Wildman–Crippen LogP) is 3.55. The average Bonchev–Trinajstić information content (AvgIpc) is 2.50. The molecule has 2 amide bonds. The molecule has 0 aliphatic heterocycles. The molecule has 0 radical (unpaired) electrons. The van der Waals surface area contributed by atoms with Gasteiger partial charge < -0.3 is 19.3 Å². The van der Waals surface area contributed by atoms with Gasteiger partial charge in [-0.2, -0.15) is 0 Å². The topological polar surface area (TPSA) is 59.1 Å². The van der Waals surface area contributed by atoms with E-state index in [4.69, 9.17) is 9.47 Å². The Hall–Kier alpha value is -2.24. The normalized spacial score (nSPS) is 10.9. The van der Waals surface area contributed by atoms with Crippen LogP contribution in [-0.4, -0.2) is 54.8 Å². The van der Waals surface area contributed by atoms with Crippen molar-refractivity contribution in [1.82, 2.24) is 9.80 Å². The minimum atomic E-state index is -0.509. The zero-order chi connectivity index (χ0) is 18.3. The molecule has 0 N–H and O–H groups in total. The number of benzene rings is 1. The van der Waals surface area contributed by atoms with Crippen LogP contribution in [0.2, 0.25) is 0 Å². The average molecular weight is 336 g/mol. The van der Waals surface area contributed by atoms with E-state index in [-0.39, 0.29) is 12.2 Å². The van der Waals surface area contributed by atoms with E-state index < -0.39 is 5.60 Å². The Morgan fingerprint density at radius 3 is 2.33 bits per heavy atom. The summed E-state index contributed by atoms with van der Waals surface area (Å²) in [7, 11) is 3.39. The van der Waals surface area contributed by atoms with Crippen molar-refractivity contribution < 1.29 is 19.1 Å². The summed E-state index contributed by atoms with van der Waals surface area (Å²) in [6.45, 7) is 8.49. The SMILES string of the molecule is CCN(C)C(=O)Oc1cccc(CCN(C)C(=O)OC(C)(C)C)c1. The quantitative estimate of drug-likeness (QED) is 0.825. The third kappa shape index (κ3) is 6.89. The lowest BCUT2D eigenvalue weighted by Gasteiger charge is -2.24. The monoisotopic (exact) mass is 336 g/mol. The van der Waals surface area contributed by atoms with Crippen LogP contribution in [0.15, 0.2) is 24.3 Å². The fraction of sp³-hybridized carbons (Fsp3) is 0.556. The summed E-state index contributed by atoms with van der Waals surface area (Å²) >= 11 is 0. The molecule has 0 saturated heterocycles. The standard InChI is InChI=1S/C18H28N2O4/c1-7-19(5)16(21)23-15-10-8-9-14(13-15)11-12-20(6)17(22)24-18(2,3)4/h8-10,13H,7,11-12H2,1-6H3. The Balaban J connectivity index is 2.59. The van der Waals surface area contributed by atoms with Gasteiger partial charge in [0.15, 0.2) is 0 Å². The lowest BCUT2D eigenvalue weighted by molar-refractivity contribution is 0.0301. The molecule has 0 spiro atoms. The van der Waals surface area contributed by atoms with E-state index in [9.17, 15) is 9.59 Å². The maximum absolute atomic E-state index is 11.9. The molecule has 0 atom stereocenters. The highest BCUT2D eigenvalue weighted by atomic mass is 16.6. The van der Waals surface area contributed by atoms with Crippen LogP contribution < -0.4 is 4.74 Å². The van der Waals surface area contributed by atoms with Crippen LogP contribution in [0.1, 0.15) is 33.3 Å². The first-order chi connectivity index (χ1) is 11.1. The van der Waals surface area contributed by atoms with Gasteiger partial charge in [-0.3, -0.25) is 0 Å². The molecule has 0 aromatic heterocycles. The van der Waals surface area contributed by atoms with Crippen LogP contribution in [0.25, 0.3) is 0 Å². The van der Waals surface area contributed by atoms with Gasteiger partial charge in [0.2, 0.25) is 0 Å². The number of ether oxygens (including phenoxy) is 2. The zero-order valence-corrected chi connectivity index (χ0v) is 15.5. The van der Waals surface area contributed by atoms with Gasteiger partial charge in [-0.25, -0.2) is 9.59 Å². The number of hydrogen-bond acceptors (Lipinski definition) is 4. The van der Waals surface area contributed by atoms with Gasteiger partial charge in [0.1, 0.15) is 11.4 Å². The fourth-order valence-corrected chi connectivity index (χ4v) is 1.80. The fourth-order valence-electron chi connectivity index (χ4n) is 1.80. The van der Waals surface area contributed by atoms with E-state index in [1.165, 1.54) is 9.80 Å². The molecule has 0 aliphatic carbocycles. The first-order valence-corrected chi connectivity index (χ1v) is 8.08. The van der Waals surface area contributed by atoms with Crippen molar-refractivity contribution in [3.8, 4) is 5.75 Å². The van der Waals surface area contributed by atoms with E-state index in [1.807, 2.05) is 45.9 Å². The number of hydrogen-bond donors (Lipinski definition) is 0. The third-order valence-electron chi connectivity index (χ3n) is 3.33. The molecule has 1 aromatic rings. The Morgan fingerprint density at radius 1 is 1.08 bits per heavy atom.